The number of benzene rings is 1. The Kier molecular flexibility index (Phi) is 4.77. The molecular formula is C12H11NO5. The summed E-state index contributed by atoms with van der Waals surface area (Å²) in [7, 11) is 0. The molecule has 6 nitrogen and oxygen atoms in total. The van der Waals surface area contributed by atoms with E-state index < -0.39 is 24.3 Å². The topological polar surface area (TPSA) is 104 Å². The zero-order valence-corrected chi connectivity index (χ0v) is 9.29. The molecule has 1 amide bonds. The van der Waals surface area contributed by atoms with E-state index in [2.05, 4.69) is 5.32 Å². The van der Waals surface area contributed by atoms with Crippen LogP contribution in [0, 0.1) is 0 Å². The van der Waals surface area contributed by atoms with E-state index in [1.165, 1.54) is 24.3 Å². The molecule has 0 aliphatic carbocycles. The van der Waals surface area contributed by atoms with Crippen LogP contribution >= 0.6 is 0 Å². The molecule has 0 spiro atoms. The maximum atomic E-state index is 11.2. The molecule has 0 fully saturated rings. The number of carboxylic acid groups (broad SMARTS) is 1. The highest BCUT2D eigenvalue weighted by molar-refractivity contribution is 6.02. The number of Topliss-reactive ketones (excluding diaryl/α,β-unsaturated/α-hetero) is 1. The van der Waals surface area contributed by atoms with Crippen LogP contribution in [0.4, 0.5) is 5.69 Å². The second-order valence-electron chi connectivity index (χ2n) is 3.32. The largest absolute Gasteiger partial charge is 0.478 e. The van der Waals surface area contributed by atoms with Crippen LogP contribution in [-0.4, -0.2) is 34.5 Å². The zero-order valence-electron chi connectivity index (χ0n) is 9.29. The number of carbonyl (C=O) groups is 3. The van der Waals surface area contributed by atoms with Crippen LogP contribution in [0.15, 0.2) is 36.4 Å². The number of hydrogen-bond donors (Lipinski definition) is 3. The minimum absolute atomic E-state index is 0.330. The van der Waals surface area contributed by atoms with Crippen LogP contribution < -0.4 is 5.32 Å². The number of aliphatic hydroxyl groups is 1. The van der Waals surface area contributed by atoms with Gasteiger partial charge >= 0.3 is 5.97 Å². The smallest absolute Gasteiger partial charge is 0.328 e. The summed E-state index contributed by atoms with van der Waals surface area (Å²) in [6, 6.07) is 5.87. The fourth-order valence-corrected chi connectivity index (χ4v) is 1.16. The number of aliphatic hydroxyl groups excluding tert-OH is 1. The van der Waals surface area contributed by atoms with E-state index in [1.54, 1.807) is 0 Å². The lowest BCUT2D eigenvalue weighted by molar-refractivity contribution is -0.131. The average Bonchev–Trinajstić information content (AvgIpc) is 2.36. The lowest BCUT2D eigenvalue weighted by Crippen LogP contribution is -2.09. The Morgan fingerprint density at radius 1 is 1.11 bits per heavy atom. The molecule has 0 saturated heterocycles. The molecule has 0 radical (unpaired) electrons. The third kappa shape index (κ3) is 4.18. The van der Waals surface area contributed by atoms with Crippen molar-refractivity contribution in [1.82, 2.24) is 0 Å². The van der Waals surface area contributed by atoms with E-state index in [9.17, 15) is 14.4 Å². The molecular weight excluding hydrogens is 238 g/mol. The maximum absolute atomic E-state index is 11.2. The Morgan fingerprint density at radius 3 is 2.22 bits per heavy atom. The van der Waals surface area contributed by atoms with Crippen molar-refractivity contribution >= 4 is 23.3 Å². The Morgan fingerprint density at radius 2 is 1.72 bits per heavy atom. The standard InChI is InChI=1S/C12H11NO5/c14-7-10(15)8-1-3-9(4-2-8)13-11(16)5-6-12(17)18/h1-6,14H,7H2,(H,13,16)(H,17,18)/b6-5-. The fourth-order valence-electron chi connectivity index (χ4n) is 1.16. The first-order valence-corrected chi connectivity index (χ1v) is 4.99. The highest BCUT2D eigenvalue weighted by atomic mass is 16.4. The van der Waals surface area contributed by atoms with Crippen molar-refractivity contribution in [3.05, 3.63) is 42.0 Å². The summed E-state index contributed by atoms with van der Waals surface area (Å²) in [4.78, 5) is 32.5. The van der Waals surface area contributed by atoms with Crippen LogP contribution in [0.2, 0.25) is 0 Å². The summed E-state index contributed by atoms with van der Waals surface area (Å²) >= 11 is 0. The van der Waals surface area contributed by atoms with Crippen molar-refractivity contribution in [2.24, 2.45) is 0 Å². The first-order chi connectivity index (χ1) is 8.52. The van der Waals surface area contributed by atoms with Gasteiger partial charge in [-0.25, -0.2) is 4.79 Å². The van der Waals surface area contributed by atoms with Gasteiger partial charge in [-0.1, -0.05) is 0 Å². The van der Waals surface area contributed by atoms with Gasteiger partial charge in [0.2, 0.25) is 5.91 Å². The molecule has 0 aliphatic heterocycles. The minimum Gasteiger partial charge on any atom is -0.478 e. The van der Waals surface area contributed by atoms with Gasteiger partial charge in [-0.05, 0) is 24.3 Å². The van der Waals surface area contributed by atoms with E-state index in [-0.39, 0.29) is 0 Å². The molecule has 1 rings (SSSR count). The Hall–Kier alpha value is -2.47. The number of hydrogen-bond acceptors (Lipinski definition) is 4. The lowest BCUT2D eigenvalue weighted by atomic mass is 10.1. The Balaban J connectivity index is 2.66. The molecule has 1 aromatic rings. The van der Waals surface area contributed by atoms with Crippen molar-refractivity contribution in [1.29, 1.82) is 0 Å². The van der Waals surface area contributed by atoms with E-state index in [0.29, 0.717) is 11.3 Å². The van der Waals surface area contributed by atoms with Gasteiger partial charge in [-0.15, -0.1) is 0 Å². The summed E-state index contributed by atoms with van der Waals surface area (Å²) in [5, 5.41) is 19.4. The van der Waals surface area contributed by atoms with Crippen molar-refractivity contribution < 1.29 is 24.6 Å². The molecule has 0 aromatic heterocycles. The van der Waals surface area contributed by atoms with Gasteiger partial charge in [-0.3, -0.25) is 9.59 Å². The van der Waals surface area contributed by atoms with E-state index >= 15 is 0 Å². The van der Waals surface area contributed by atoms with Crippen LogP contribution in [0.25, 0.3) is 0 Å². The molecule has 0 unspecified atom stereocenters. The van der Waals surface area contributed by atoms with Gasteiger partial charge in [0.1, 0.15) is 6.61 Å². The van der Waals surface area contributed by atoms with E-state index in [0.717, 1.165) is 12.2 Å². The molecule has 6 heteroatoms. The van der Waals surface area contributed by atoms with Crippen molar-refractivity contribution in [2.45, 2.75) is 0 Å². The summed E-state index contributed by atoms with van der Waals surface area (Å²) in [5.74, 6) is -2.22. The minimum atomic E-state index is -1.21. The highest BCUT2D eigenvalue weighted by Crippen LogP contribution is 2.10. The number of rotatable bonds is 5. The van der Waals surface area contributed by atoms with Gasteiger partial charge < -0.3 is 15.5 Å². The summed E-state index contributed by atoms with van der Waals surface area (Å²) in [6.07, 6.45) is 1.61. The lowest BCUT2D eigenvalue weighted by Gasteiger charge is -2.03. The quantitative estimate of drug-likeness (QED) is 0.519. The van der Waals surface area contributed by atoms with Crippen molar-refractivity contribution in [3.8, 4) is 0 Å². The molecule has 1 aromatic carbocycles. The fraction of sp³-hybridized carbons (Fsp3) is 0.0833. The molecule has 3 N–H and O–H groups in total. The summed E-state index contributed by atoms with van der Waals surface area (Å²) in [6.45, 7) is -0.576. The van der Waals surface area contributed by atoms with Gasteiger partial charge in [0.25, 0.3) is 0 Å². The first-order valence-electron chi connectivity index (χ1n) is 4.99. The monoisotopic (exact) mass is 249 g/mol. The predicted molar refractivity (Wildman–Crippen MR) is 63.3 cm³/mol. The second-order valence-corrected chi connectivity index (χ2v) is 3.32. The van der Waals surface area contributed by atoms with Gasteiger partial charge in [0.05, 0.1) is 0 Å². The molecule has 94 valence electrons. The van der Waals surface area contributed by atoms with Gasteiger partial charge in [-0.2, -0.15) is 0 Å². The third-order valence-electron chi connectivity index (χ3n) is 2.00. The number of aliphatic carboxylic acids is 1. The van der Waals surface area contributed by atoms with E-state index in [4.69, 9.17) is 10.2 Å². The van der Waals surface area contributed by atoms with Gasteiger partial charge in [0.15, 0.2) is 5.78 Å². The first kappa shape index (κ1) is 13.6. The average molecular weight is 249 g/mol. The Labute approximate surface area is 103 Å². The number of carbonyl (C=O) groups excluding carboxylic acids is 2. The molecule has 0 saturated carbocycles. The third-order valence-corrected chi connectivity index (χ3v) is 2.00. The van der Waals surface area contributed by atoms with Crippen LogP contribution in [0.1, 0.15) is 10.4 Å². The SMILES string of the molecule is O=C(O)/C=C\C(=O)Nc1ccc(C(=O)CO)cc1. The molecule has 0 heterocycles. The molecule has 0 atom stereocenters. The molecule has 0 bridgehead atoms. The van der Waals surface area contributed by atoms with Crippen LogP contribution in [0.5, 0.6) is 0 Å². The van der Waals surface area contributed by atoms with Gasteiger partial charge in [0, 0.05) is 23.4 Å². The number of anilines is 1. The predicted octanol–water partition coefficient (Wildman–Crippen LogP) is 0.441. The summed E-state index contributed by atoms with van der Waals surface area (Å²) < 4.78 is 0. The number of ketones is 1. The van der Waals surface area contributed by atoms with Crippen molar-refractivity contribution in [2.75, 3.05) is 11.9 Å². The maximum Gasteiger partial charge on any atom is 0.328 e. The molecule has 18 heavy (non-hydrogen) atoms. The number of carboxylic acids is 1. The summed E-state index contributed by atoms with van der Waals surface area (Å²) in [5.41, 5.74) is 0.751. The van der Waals surface area contributed by atoms with E-state index in [1.807, 2.05) is 0 Å². The normalized spacial score (nSPS) is 10.3. The van der Waals surface area contributed by atoms with Crippen molar-refractivity contribution in [3.63, 3.8) is 0 Å². The highest BCUT2D eigenvalue weighted by Gasteiger charge is 2.04. The van der Waals surface area contributed by atoms with Crippen LogP contribution in [0.3, 0.4) is 0 Å². The molecule has 0 aliphatic rings. The Bertz CT molecular complexity index is 490. The zero-order chi connectivity index (χ0) is 13.5. The second kappa shape index (κ2) is 6.31. The number of nitrogens with one attached hydrogen (secondary N) is 1. The van der Waals surface area contributed by atoms with Crippen LogP contribution in [-0.2, 0) is 9.59 Å². The number of amides is 1.